The van der Waals surface area contributed by atoms with Gasteiger partial charge in [0, 0.05) is 12.2 Å². The lowest BCUT2D eigenvalue weighted by Gasteiger charge is -2.17. The monoisotopic (exact) mass is 419 g/mol. The summed E-state index contributed by atoms with van der Waals surface area (Å²) in [6.07, 6.45) is 1.48. The van der Waals surface area contributed by atoms with Crippen molar-refractivity contribution in [3.63, 3.8) is 0 Å². The number of imide groups is 2. The van der Waals surface area contributed by atoms with Gasteiger partial charge in [-0.3, -0.25) is 34.3 Å². The zero-order valence-corrected chi connectivity index (χ0v) is 16.3. The Labute approximate surface area is 176 Å². The van der Waals surface area contributed by atoms with Crippen molar-refractivity contribution in [2.75, 3.05) is 13.2 Å². The molecule has 0 aliphatic carbocycles. The number of benzene rings is 2. The predicted octanol–water partition coefficient (Wildman–Crippen LogP) is 1.40. The summed E-state index contributed by atoms with van der Waals surface area (Å²) in [6.45, 7) is 0.777. The number of hydrazine groups is 1. The average molecular weight is 419 g/mol. The van der Waals surface area contributed by atoms with Crippen molar-refractivity contribution in [1.29, 1.82) is 0 Å². The molecular formula is C22H17N3O6. The molecule has 0 radical (unpaired) electrons. The predicted molar refractivity (Wildman–Crippen MR) is 105 cm³/mol. The molecule has 0 unspecified atom stereocenters. The zero-order valence-electron chi connectivity index (χ0n) is 16.3. The average Bonchev–Trinajstić information content (AvgIpc) is 3.45. The summed E-state index contributed by atoms with van der Waals surface area (Å²) in [7, 11) is 0. The van der Waals surface area contributed by atoms with Crippen LogP contribution >= 0.6 is 0 Å². The van der Waals surface area contributed by atoms with E-state index >= 15 is 0 Å². The maximum absolute atomic E-state index is 12.8. The van der Waals surface area contributed by atoms with Gasteiger partial charge in [-0.25, -0.2) is 0 Å². The molecule has 3 aliphatic heterocycles. The van der Waals surface area contributed by atoms with E-state index in [0.29, 0.717) is 11.6 Å². The van der Waals surface area contributed by atoms with E-state index in [0.717, 1.165) is 17.7 Å². The van der Waals surface area contributed by atoms with Gasteiger partial charge in [0.25, 0.3) is 29.5 Å². The Morgan fingerprint density at radius 3 is 2.19 bits per heavy atom. The minimum absolute atomic E-state index is 0.0513. The third-order valence-corrected chi connectivity index (χ3v) is 5.65. The molecule has 9 nitrogen and oxygen atoms in total. The van der Waals surface area contributed by atoms with Crippen molar-refractivity contribution in [1.82, 2.24) is 15.3 Å². The van der Waals surface area contributed by atoms with Crippen molar-refractivity contribution in [2.45, 2.75) is 18.9 Å². The summed E-state index contributed by atoms with van der Waals surface area (Å²) in [4.78, 5) is 64.1. The highest BCUT2D eigenvalue weighted by molar-refractivity contribution is 6.23. The van der Waals surface area contributed by atoms with E-state index in [-0.39, 0.29) is 40.5 Å². The van der Waals surface area contributed by atoms with Crippen molar-refractivity contribution < 1.29 is 28.7 Å². The number of hydrogen-bond donors (Lipinski definition) is 1. The summed E-state index contributed by atoms with van der Waals surface area (Å²) < 4.78 is 5.51. The number of ether oxygens (including phenoxy) is 1. The number of nitrogens with one attached hydrogen (secondary N) is 1. The summed E-state index contributed by atoms with van der Waals surface area (Å²) in [5.41, 5.74) is 3.07. The molecule has 1 fully saturated rings. The van der Waals surface area contributed by atoms with E-state index in [1.54, 1.807) is 12.1 Å². The first-order chi connectivity index (χ1) is 15.0. The van der Waals surface area contributed by atoms with Crippen molar-refractivity contribution >= 4 is 29.5 Å². The largest absolute Gasteiger partial charge is 0.376 e. The van der Waals surface area contributed by atoms with Crippen LogP contribution in [0.4, 0.5) is 0 Å². The van der Waals surface area contributed by atoms with Crippen LogP contribution in [0.3, 0.4) is 0 Å². The third kappa shape index (κ3) is 3.01. The standard InChI is InChI=1S/C22H17N3O6/c26-18(23-25-21(29)14-5-1-2-6-15(14)22(25)30)12-7-8-16-17(10-12)20(28)24(19(16)27)11-13-4-3-9-31-13/h1-2,5-8,10,13H,3-4,9,11H2,(H,23,26)/t13-/m0/s1. The van der Waals surface area contributed by atoms with Gasteiger partial charge in [-0.15, -0.1) is 0 Å². The highest BCUT2D eigenvalue weighted by Gasteiger charge is 2.39. The molecule has 5 rings (SSSR count). The fourth-order valence-corrected chi connectivity index (χ4v) is 4.05. The molecule has 9 heteroatoms. The lowest BCUT2D eigenvalue weighted by atomic mass is 10.1. The van der Waals surface area contributed by atoms with Gasteiger partial charge in [0.2, 0.25) is 0 Å². The van der Waals surface area contributed by atoms with E-state index in [4.69, 9.17) is 4.74 Å². The smallest absolute Gasteiger partial charge is 0.280 e. The van der Waals surface area contributed by atoms with Crippen LogP contribution in [0.5, 0.6) is 0 Å². The Bertz CT molecular complexity index is 1130. The van der Waals surface area contributed by atoms with Gasteiger partial charge in [0.1, 0.15) is 0 Å². The van der Waals surface area contributed by atoms with Gasteiger partial charge in [0.05, 0.1) is 34.9 Å². The van der Waals surface area contributed by atoms with E-state index in [9.17, 15) is 24.0 Å². The Kier molecular flexibility index (Phi) is 4.40. The minimum Gasteiger partial charge on any atom is -0.376 e. The fraction of sp³-hybridized carbons (Fsp3) is 0.227. The molecule has 0 saturated carbocycles. The number of fused-ring (bicyclic) bond motifs is 2. The van der Waals surface area contributed by atoms with Gasteiger partial charge in [0.15, 0.2) is 0 Å². The molecule has 1 saturated heterocycles. The number of rotatable bonds is 4. The van der Waals surface area contributed by atoms with E-state index in [2.05, 4.69) is 5.43 Å². The number of nitrogens with zero attached hydrogens (tertiary/aromatic N) is 2. The molecule has 156 valence electrons. The molecule has 5 amide bonds. The SMILES string of the molecule is O=C(NN1C(=O)c2ccccc2C1=O)c1ccc2c(c1)C(=O)N(C[C@@H]1CCCO1)C2=O. The Balaban J connectivity index is 1.35. The number of carbonyl (C=O) groups excluding carboxylic acids is 5. The van der Waals surface area contributed by atoms with Crippen LogP contribution in [-0.4, -0.2) is 58.7 Å². The van der Waals surface area contributed by atoms with E-state index < -0.39 is 29.5 Å². The second-order valence-corrected chi connectivity index (χ2v) is 7.55. The minimum atomic E-state index is -0.741. The highest BCUT2D eigenvalue weighted by Crippen LogP contribution is 2.26. The number of amides is 5. The van der Waals surface area contributed by atoms with Gasteiger partial charge >= 0.3 is 0 Å². The second-order valence-electron chi connectivity index (χ2n) is 7.55. The molecule has 3 heterocycles. The van der Waals surface area contributed by atoms with Crippen molar-refractivity contribution in [2.24, 2.45) is 0 Å². The topological polar surface area (TPSA) is 113 Å². The number of carbonyl (C=O) groups is 5. The molecule has 31 heavy (non-hydrogen) atoms. The van der Waals surface area contributed by atoms with Gasteiger partial charge in [-0.1, -0.05) is 12.1 Å². The molecule has 2 aromatic carbocycles. The summed E-state index contributed by atoms with van der Waals surface area (Å²) >= 11 is 0. The van der Waals surface area contributed by atoms with Crippen molar-refractivity contribution in [3.05, 3.63) is 70.3 Å². The lowest BCUT2D eigenvalue weighted by molar-refractivity contribution is 0.0474. The van der Waals surface area contributed by atoms with Crippen LogP contribution < -0.4 is 5.43 Å². The molecule has 1 N–H and O–H groups in total. The normalized spacial score (nSPS) is 19.8. The van der Waals surface area contributed by atoms with Crippen LogP contribution in [0.2, 0.25) is 0 Å². The summed E-state index contributed by atoms with van der Waals surface area (Å²) in [5.74, 6) is -2.93. The summed E-state index contributed by atoms with van der Waals surface area (Å²) in [6, 6.07) is 10.4. The van der Waals surface area contributed by atoms with Crippen molar-refractivity contribution in [3.8, 4) is 0 Å². The van der Waals surface area contributed by atoms with Gasteiger partial charge in [-0.05, 0) is 43.2 Å². The van der Waals surface area contributed by atoms with Crippen LogP contribution in [0.1, 0.15) is 64.6 Å². The molecule has 1 atom stereocenters. The maximum Gasteiger partial charge on any atom is 0.280 e. The highest BCUT2D eigenvalue weighted by atomic mass is 16.5. The zero-order chi connectivity index (χ0) is 21.7. The molecule has 2 aromatic rings. The van der Waals surface area contributed by atoms with E-state index in [1.165, 1.54) is 30.3 Å². The molecule has 0 aromatic heterocycles. The van der Waals surface area contributed by atoms with Crippen LogP contribution in [0.25, 0.3) is 0 Å². The maximum atomic E-state index is 12.8. The first kappa shape index (κ1) is 19.1. The summed E-state index contributed by atoms with van der Waals surface area (Å²) in [5, 5.41) is 0.650. The molecule has 0 bridgehead atoms. The Morgan fingerprint density at radius 2 is 1.55 bits per heavy atom. The number of hydrogen-bond acceptors (Lipinski definition) is 6. The first-order valence-corrected chi connectivity index (χ1v) is 9.86. The quantitative estimate of drug-likeness (QED) is 0.750. The van der Waals surface area contributed by atoms with Gasteiger partial charge in [-0.2, -0.15) is 5.01 Å². The molecule has 0 spiro atoms. The Morgan fingerprint density at radius 1 is 0.903 bits per heavy atom. The second kappa shape index (κ2) is 7.13. The molecule has 3 aliphatic rings. The lowest BCUT2D eigenvalue weighted by Crippen LogP contribution is -2.45. The Hall–Kier alpha value is -3.85. The van der Waals surface area contributed by atoms with Crippen LogP contribution in [0, 0.1) is 0 Å². The first-order valence-electron chi connectivity index (χ1n) is 9.86. The van der Waals surface area contributed by atoms with Crippen LogP contribution in [-0.2, 0) is 4.74 Å². The fourth-order valence-electron chi connectivity index (χ4n) is 4.05. The molecular weight excluding hydrogens is 402 g/mol. The van der Waals surface area contributed by atoms with E-state index in [1.807, 2.05) is 0 Å². The van der Waals surface area contributed by atoms with Crippen LogP contribution in [0.15, 0.2) is 42.5 Å². The third-order valence-electron chi connectivity index (χ3n) is 5.65. The van der Waals surface area contributed by atoms with Gasteiger partial charge < -0.3 is 4.74 Å².